The summed E-state index contributed by atoms with van der Waals surface area (Å²) in [5.74, 6) is 1.45. The molecular weight excluding hydrogens is 302 g/mol. The van der Waals surface area contributed by atoms with Crippen molar-refractivity contribution < 1.29 is 9.53 Å². The van der Waals surface area contributed by atoms with E-state index in [2.05, 4.69) is 10.2 Å². The molecule has 24 heavy (non-hydrogen) atoms. The highest BCUT2D eigenvalue weighted by Gasteiger charge is 2.22. The topological polar surface area (TPSA) is 55.3 Å². The van der Waals surface area contributed by atoms with Crippen LogP contribution in [0, 0.1) is 5.92 Å². The summed E-state index contributed by atoms with van der Waals surface area (Å²) < 4.78 is 5.25. The van der Waals surface area contributed by atoms with Crippen molar-refractivity contribution in [2.45, 2.75) is 26.2 Å². The highest BCUT2D eigenvalue weighted by Crippen LogP contribution is 2.23. The summed E-state index contributed by atoms with van der Waals surface area (Å²) in [5, 5.41) is 8.74. The van der Waals surface area contributed by atoms with E-state index in [1.807, 2.05) is 41.3 Å². The van der Waals surface area contributed by atoms with E-state index in [0.717, 1.165) is 55.1 Å². The Labute approximate surface area is 142 Å². The molecule has 1 atom stereocenters. The van der Waals surface area contributed by atoms with Crippen molar-refractivity contribution in [1.82, 2.24) is 15.1 Å². The lowest BCUT2D eigenvalue weighted by Gasteiger charge is -2.31. The molecule has 1 aliphatic rings. The Morgan fingerprint density at radius 1 is 1.29 bits per heavy atom. The number of hydrogen-bond donors (Lipinski definition) is 0. The largest absolute Gasteiger partial charge is 0.497 e. The molecule has 0 N–H and O–H groups in total. The molecule has 1 aromatic heterocycles. The van der Waals surface area contributed by atoms with Gasteiger partial charge >= 0.3 is 0 Å². The summed E-state index contributed by atoms with van der Waals surface area (Å²) in [6.07, 6.45) is 3.08. The van der Waals surface area contributed by atoms with E-state index in [9.17, 15) is 4.79 Å². The number of methoxy groups -OCH3 is 1. The van der Waals surface area contributed by atoms with Gasteiger partial charge in [0.1, 0.15) is 5.75 Å². The fourth-order valence-corrected chi connectivity index (χ4v) is 3.22. The number of amides is 1. The van der Waals surface area contributed by atoms with Gasteiger partial charge in [-0.05, 0) is 49.4 Å². The van der Waals surface area contributed by atoms with Gasteiger partial charge in [0, 0.05) is 25.6 Å². The quantitative estimate of drug-likeness (QED) is 0.867. The Morgan fingerprint density at radius 2 is 2.17 bits per heavy atom. The third kappa shape index (κ3) is 3.91. The molecule has 5 heteroatoms. The Bertz CT molecular complexity index is 700. The fraction of sp³-hybridized carbons (Fsp3) is 0.421. The van der Waals surface area contributed by atoms with Crippen molar-refractivity contribution in [2.75, 3.05) is 20.2 Å². The fourth-order valence-electron chi connectivity index (χ4n) is 3.22. The number of aromatic nitrogens is 2. The summed E-state index contributed by atoms with van der Waals surface area (Å²) in [4.78, 5) is 13.5. The van der Waals surface area contributed by atoms with Gasteiger partial charge in [0.2, 0.25) is 5.91 Å². The average molecular weight is 325 g/mol. The van der Waals surface area contributed by atoms with E-state index in [0.29, 0.717) is 5.92 Å². The van der Waals surface area contributed by atoms with Crippen molar-refractivity contribution in [3.05, 3.63) is 42.1 Å². The number of rotatable bonds is 4. The zero-order valence-electron chi connectivity index (χ0n) is 14.2. The van der Waals surface area contributed by atoms with E-state index in [-0.39, 0.29) is 5.91 Å². The maximum Gasteiger partial charge on any atom is 0.219 e. The third-order valence-electron chi connectivity index (χ3n) is 4.55. The molecule has 2 heterocycles. The summed E-state index contributed by atoms with van der Waals surface area (Å²) in [7, 11) is 1.66. The first-order valence-electron chi connectivity index (χ1n) is 8.38. The zero-order chi connectivity index (χ0) is 16.9. The highest BCUT2D eigenvalue weighted by molar-refractivity contribution is 5.73. The Balaban J connectivity index is 1.67. The number of nitrogens with zero attached hydrogens (tertiary/aromatic N) is 3. The van der Waals surface area contributed by atoms with Crippen molar-refractivity contribution in [3.8, 4) is 17.0 Å². The second kappa shape index (κ2) is 7.43. The minimum absolute atomic E-state index is 0.166. The van der Waals surface area contributed by atoms with Crippen LogP contribution in [0.5, 0.6) is 5.75 Å². The molecule has 1 aromatic carbocycles. The maximum absolute atomic E-state index is 11.5. The number of carbonyl (C=O) groups is 1. The molecule has 0 bridgehead atoms. The molecule has 3 rings (SSSR count). The Morgan fingerprint density at radius 3 is 2.88 bits per heavy atom. The first-order chi connectivity index (χ1) is 11.7. The van der Waals surface area contributed by atoms with Gasteiger partial charge in [-0.1, -0.05) is 12.1 Å². The van der Waals surface area contributed by atoms with Gasteiger partial charge in [0.15, 0.2) is 0 Å². The van der Waals surface area contributed by atoms with E-state index in [1.165, 1.54) is 0 Å². The molecule has 0 aliphatic carbocycles. The predicted molar refractivity (Wildman–Crippen MR) is 92.7 cm³/mol. The molecule has 2 aromatic rings. The molecule has 126 valence electrons. The first-order valence-corrected chi connectivity index (χ1v) is 8.38. The lowest BCUT2D eigenvalue weighted by Crippen LogP contribution is -2.39. The standard InChI is InChI=1S/C19H23N3O2/c1-14(23)22-10-4-5-15(13-22)11-17-8-9-19(21-20-17)16-6-3-7-18(12-16)24-2/h3,6-9,12,15H,4-5,10-11,13H2,1-2H3/t15-/m1/s1. The summed E-state index contributed by atoms with van der Waals surface area (Å²) >= 11 is 0. The third-order valence-corrected chi connectivity index (χ3v) is 4.55. The minimum Gasteiger partial charge on any atom is -0.497 e. The minimum atomic E-state index is 0.166. The van der Waals surface area contributed by atoms with E-state index < -0.39 is 0 Å². The average Bonchev–Trinajstić information content (AvgIpc) is 2.62. The van der Waals surface area contributed by atoms with Crippen LogP contribution in [0.2, 0.25) is 0 Å². The summed E-state index contributed by atoms with van der Waals surface area (Å²) in [6, 6.07) is 11.8. The second-order valence-electron chi connectivity index (χ2n) is 6.32. The molecule has 0 spiro atoms. The van der Waals surface area contributed by atoms with Crippen molar-refractivity contribution >= 4 is 5.91 Å². The lowest BCUT2D eigenvalue weighted by atomic mass is 9.93. The molecular formula is C19H23N3O2. The molecule has 1 saturated heterocycles. The molecule has 1 fully saturated rings. The van der Waals surface area contributed by atoms with Gasteiger partial charge in [-0.2, -0.15) is 10.2 Å². The van der Waals surface area contributed by atoms with Crippen molar-refractivity contribution in [1.29, 1.82) is 0 Å². The summed E-state index contributed by atoms with van der Waals surface area (Å²) in [5.41, 5.74) is 2.82. The molecule has 5 nitrogen and oxygen atoms in total. The van der Waals surface area contributed by atoms with Gasteiger partial charge in [0.05, 0.1) is 18.5 Å². The van der Waals surface area contributed by atoms with Crippen LogP contribution in [0.15, 0.2) is 36.4 Å². The van der Waals surface area contributed by atoms with Gasteiger partial charge in [-0.25, -0.2) is 0 Å². The van der Waals surface area contributed by atoms with Gasteiger partial charge < -0.3 is 9.64 Å². The van der Waals surface area contributed by atoms with Crippen LogP contribution < -0.4 is 4.74 Å². The van der Waals surface area contributed by atoms with Crippen LogP contribution in [0.25, 0.3) is 11.3 Å². The number of hydrogen-bond acceptors (Lipinski definition) is 4. The number of carbonyl (C=O) groups excluding carboxylic acids is 1. The van der Waals surface area contributed by atoms with E-state index in [1.54, 1.807) is 14.0 Å². The SMILES string of the molecule is COc1cccc(-c2ccc(C[C@H]3CCCN(C(C)=O)C3)nn2)c1. The number of benzene rings is 1. The highest BCUT2D eigenvalue weighted by atomic mass is 16.5. The monoisotopic (exact) mass is 325 g/mol. The van der Waals surface area contributed by atoms with Crippen molar-refractivity contribution in [3.63, 3.8) is 0 Å². The Kier molecular flexibility index (Phi) is 5.08. The normalized spacial score (nSPS) is 17.6. The van der Waals surface area contributed by atoms with Gasteiger partial charge in [0.25, 0.3) is 0 Å². The van der Waals surface area contributed by atoms with Crippen LogP contribution in [-0.2, 0) is 11.2 Å². The molecule has 0 saturated carbocycles. The maximum atomic E-state index is 11.5. The van der Waals surface area contributed by atoms with Gasteiger partial charge in [-0.3, -0.25) is 4.79 Å². The lowest BCUT2D eigenvalue weighted by molar-refractivity contribution is -0.130. The molecule has 1 amide bonds. The van der Waals surface area contributed by atoms with E-state index in [4.69, 9.17) is 4.74 Å². The van der Waals surface area contributed by atoms with Crippen LogP contribution in [0.4, 0.5) is 0 Å². The van der Waals surface area contributed by atoms with Crippen molar-refractivity contribution in [2.24, 2.45) is 5.92 Å². The summed E-state index contributed by atoms with van der Waals surface area (Å²) in [6.45, 7) is 3.35. The molecule has 0 unspecified atom stereocenters. The van der Waals surface area contributed by atoms with Crippen LogP contribution in [-0.4, -0.2) is 41.2 Å². The van der Waals surface area contributed by atoms with Crippen LogP contribution in [0.3, 0.4) is 0 Å². The predicted octanol–water partition coefficient (Wildman–Crippen LogP) is 2.95. The van der Waals surface area contributed by atoms with E-state index >= 15 is 0 Å². The smallest absolute Gasteiger partial charge is 0.219 e. The number of likely N-dealkylation sites (tertiary alicyclic amines) is 1. The number of piperidine rings is 1. The van der Waals surface area contributed by atoms with Crippen LogP contribution in [0.1, 0.15) is 25.5 Å². The molecule has 0 radical (unpaired) electrons. The molecule has 1 aliphatic heterocycles. The second-order valence-corrected chi connectivity index (χ2v) is 6.32. The zero-order valence-corrected chi connectivity index (χ0v) is 14.2. The van der Waals surface area contributed by atoms with Gasteiger partial charge in [-0.15, -0.1) is 0 Å². The van der Waals surface area contributed by atoms with Crippen LogP contribution >= 0.6 is 0 Å². The number of ether oxygens (including phenoxy) is 1. The first kappa shape index (κ1) is 16.4. The Hall–Kier alpha value is -2.43.